The van der Waals surface area contributed by atoms with E-state index in [0.29, 0.717) is 6.61 Å². The van der Waals surface area contributed by atoms with Gasteiger partial charge >= 0.3 is 0 Å². The number of hydrogen-bond acceptors (Lipinski definition) is 1. The quantitative estimate of drug-likeness (QED) is 0.376. The van der Waals surface area contributed by atoms with E-state index in [0.717, 1.165) is 53.8 Å². The smallest absolute Gasteiger partial charge is 0.0433 e. The third-order valence-corrected chi connectivity index (χ3v) is 10.1. The van der Waals surface area contributed by atoms with Crippen molar-refractivity contribution in [3.05, 3.63) is 0 Å². The van der Waals surface area contributed by atoms with Gasteiger partial charge in [-0.2, -0.15) is 0 Å². The molecule has 0 aromatic carbocycles. The molecule has 0 bridgehead atoms. The van der Waals surface area contributed by atoms with Crippen molar-refractivity contribution in [2.75, 3.05) is 6.61 Å². The lowest BCUT2D eigenvalue weighted by Crippen LogP contribution is -2.37. The molecule has 0 amide bonds. The van der Waals surface area contributed by atoms with E-state index in [9.17, 15) is 5.11 Å². The van der Waals surface area contributed by atoms with E-state index in [1.165, 1.54) is 96.3 Å². The Morgan fingerprint density at radius 2 is 0.967 bits per heavy atom. The topological polar surface area (TPSA) is 20.2 Å². The molecule has 3 aliphatic carbocycles. The third-order valence-electron chi connectivity index (χ3n) is 10.1. The van der Waals surface area contributed by atoms with E-state index in [1.807, 2.05) is 0 Å². The molecule has 176 valence electrons. The molecule has 1 heteroatoms. The minimum Gasteiger partial charge on any atom is -0.396 e. The van der Waals surface area contributed by atoms with Crippen LogP contribution in [0.4, 0.5) is 0 Å². The second kappa shape index (κ2) is 12.9. The monoisotopic (exact) mass is 418 g/mol. The van der Waals surface area contributed by atoms with Crippen LogP contribution in [0.5, 0.6) is 0 Å². The molecule has 0 radical (unpaired) electrons. The highest BCUT2D eigenvalue weighted by atomic mass is 16.3. The van der Waals surface area contributed by atoms with E-state index in [-0.39, 0.29) is 0 Å². The summed E-state index contributed by atoms with van der Waals surface area (Å²) >= 11 is 0. The van der Waals surface area contributed by atoms with Crippen LogP contribution in [0.2, 0.25) is 0 Å². The molecule has 30 heavy (non-hydrogen) atoms. The van der Waals surface area contributed by atoms with Crippen LogP contribution < -0.4 is 0 Å². The maximum atomic E-state index is 9.38. The fourth-order valence-corrected chi connectivity index (χ4v) is 8.23. The lowest BCUT2D eigenvalue weighted by atomic mass is 9.59. The molecule has 3 aliphatic rings. The number of rotatable bonds is 10. The van der Waals surface area contributed by atoms with Crippen molar-refractivity contribution in [2.45, 2.75) is 130 Å². The zero-order valence-electron chi connectivity index (χ0n) is 20.8. The van der Waals surface area contributed by atoms with Crippen LogP contribution in [0.25, 0.3) is 0 Å². The molecule has 6 unspecified atom stereocenters. The van der Waals surface area contributed by atoms with Crippen LogP contribution >= 0.6 is 0 Å². The molecule has 0 saturated heterocycles. The van der Waals surface area contributed by atoms with Gasteiger partial charge in [0.05, 0.1) is 0 Å². The Bertz CT molecular complexity index is 451. The fourth-order valence-electron chi connectivity index (χ4n) is 8.23. The molecule has 3 saturated carbocycles. The first-order chi connectivity index (χ1) is 14.7. The average Bonchev–Trinajstić information content (AvgIpc) is 2.79. The van der Waals surface area contributed by atoms with Gasteiger partial charge in [0.2, 0.25) is 0 Å². The van der Waals surface area contributed by atoms with Gasteiger partial charge in [0.15, 0.2) is 0 Å². The number of aliphatic hydroxyl groups is 1. The van der Waals surface area contributed by atoms with Gasteiger partial charge in [-0.1, -0.05) is 97.8 Å². The Morgan fingerprint density at radius 1 is 0.533 bits per heavy atom. The van der Waals surface area contributed by atoms with E-state index in [2.05, 4.69) is 20.8 Å². The summed E-state index contributed by atoms with van der Waals surface area (Å²) in [4.78, 5) is 0. The Kier molecular flexibility index (Phi) is 10.5. The number of aliphatic hydroxyl groups excluding tert-OH is 1. The molecule has 0 aromatic rings. The predicted octanol–water partition coefficient (Wildman–Crippen LogP) is 8.64. The normalized spacial score (nSPS) is 40.4. The Labute approximate surface area is 189 Å². The number of hydrogen-bond donors (Lipinski definition) is 1. The molecular formula is C29H54O. The van der Waals surface area contributed by atoms with Crippen LogP contribution in [0.15, 0.2) is 0 Å². The first-order valence-corrected chi connectivity index (χ1v) is 14.3. The summed E-state index contributed by atoms with van der Waals surface area (Å²) in [7, 11) is 0. The highest BCUT2D eigenvalue weighted by Crippen LogP contribution is 2.50. The Hall–Kier alpha value is -0.0400. The van der Waals surface area contributed by atoms with E-state index in [4.69, 9.17) is 0 Å². The molecule has 0 aromatic heterocycles. The summed E-state index contributed by atoms with van der Waals surface area (Å²) in [5.41, 5.74) is 0. The minimum atomic E-state index is 0.398. The highest BCUT2D eigenvalue weighted by Gasteiger charge is 2.40. The van der Waals surface area contributed by atoms with E-state index < -0.39 is 0 Å². The van der Waals surface area contributed by atoms with Gasteiger partial charge in [0.1, 0.15) is 0 Å². The molecule has 0 spiro atoms. The zero-order chi connectivity index (χ0) is 21.3. The summed E-state index contributed by atoms with van der Waals surface area (Å²) in [5, 5.41) is 9.38. The predicted molar refractivity (Wildman–Crippen MR) is 131 cm³/mol. The van der Waals surface area contributed by atoms with Crippen molar-refractivity contribution < 1.29 is 5.11 Å². The van der Waals surface area contributed by atoms with Gasteiger partial charge < -0.3 is 5.11 Å². The van der Waals surface area contributed by atoms with Gasteiger partial charge in [0.25, 0.3) is 0 Å². The van der Waals surface area contributed by atoms with Crippen molar-refractivity contribution in [2.24, 2.45) is 47.3 Å². The fraction of sp³-hybridized carbons (Fsp3) is 1.00. The van der Waals surface area contributed by atoms with Gasteiger partial charge in [-0.05, 0) is 79.4 Å². The van der Waals surface area contributed by atoms with Crippen LogP contribution in [-0.4, -0.2) is 11.7 Å². The maximum absolute atomic E-state index is 9.38. The van der Waals surface area contributed by atoms with E-state index in [1.54, 1.807) is 6.42 Å². The van der Waals surface area contributed by atoms with Gasteiger partial charge in [0, 0.05) is 6.61 Å². The van der Waals surface area contributed by atoms with Crippen molar-refractivity contribution >= 4 is 0 Å². The Balaban J connectivity index is 1.44. The molecule has 1 N–H and O–H groups in total. The summed E-state index contributed by atoms with van der Waals surface area (Å²) < 4.78 is 0. The summed E-state index contributed by atoms with van der Waals surface area (Å²) in [6, 6.07) is 0. The molecular weight excluding hydrogens is 364 g/mol. The first-order valence-electron chi connectivity index (χ1n) is 14.3. The van der Waals surface area contributed by atoms with E-state index >= 15 is 0 Å². The maximum Gasteiger partial charge on any atom is 0.0433 e. The van der Waals surface area contributed by atoms with Crippen molar-refractivity contribution in [1.29, 1.82) is 0 Å². The molecule has 0 aliphatic heterocycles. The molecule has 6 atom stereocenters. The lowest BCUT2D eigenvalue weighted by molar-refractivity contribution is 0.0351. The van der Waals surface area contributed by atoms with Crippen LogP contribution in [-0.2, 0) is 0 Å². The lowest BCUT2D eigenvalue weighted by Gasteiger charge is -2.46. The van der Waals surface area contributed by atoms with Gasteiger partial charge in [-0.25, -0.2) is 0 Å². The SMILES string of the molecule is CCCC1CCC(CCC2CCC(C3CCC(CCO)CC3CC)C(CC)C2)CC1. The third kappa shape index (κ3) is 6.73. The van der Waals surface area contributed by atoms with Crippen LogP contribution in [0.3, 0.4) is 0 Å². The van der Waals surface area contributed by atoms with Crippen LogP contribution in [0.1, 0.15) is 130 Å². The van der Waals surface area contributed by atoms with Gasteiger partial charge in [-0.3, -0.25) is 0 Å². The largest absolute Gasteiger partial charge is 0.396 e. The standard InChI is InChI=1S/C29H54O/c1-4-7-22-8-10-23(11-9-22)12-13-24-14-16-28(26(5-2)20-24)29-17-15-25(18-19-30)21-27(29)6-3/h22-30H,4-21H2,1-3H3. The summed E-state index contributed by atoms with van der Waals surface area (Å²) in [6.07, 6.45) is 24.7. The average molecular weight is 419 g/mol. The van der Waals surface area contributed by atoms with Crippen LogP contribution in [0, 0.1) is 47.3 Å². The van der Waals surface area contributed by atoms with Crippen molar-refractivity contribution in [1.82, 2.24) is 0 Å². The molecule has 3 rings (SSSR count). The summed E-state index contributed by atoms with van der Waals surface area (Å²) in [6.45, 7) is 7.67. The molecule has 0 heterocycles. The highest BCUT2D eigenvalue weighted by molar-refractivity contribution is 4.90. The zero-order valence-corrected chi connectivity index (χ0v) is 20.8. The van der Waals surface area contributed by atoms with Crippen molar-refractivity contribution in [3.63, 3.8) is 0 Å². The second-order valence-electron chi connectivity index (χ2n) is 11.8. The van der Waals surface area contributed by atoms with Crippen molar-refractivity contribution in [3.8, 4) is 0 Å². The summed E-state index contributed by atoms with van der Waals surface area (Å²) in [5.74, 6) is 7.89. The molecule has 3 fully saturated rings. The molecule has 1 nitrogen and oxygen atoms in total. The minimum absolute atomic E-state index is 0.398. The first kappa shape index (κ1) is 24.6. The second-order valence-corrected chi connectivity index (χ2v) is 11.8. The van der Waals surface area contributed by atoms with Gasteiger partial charge in [-0.15, -0.1) is 0 Å². The Morgan fingerprint density at radius 3 is 1.43 bits per heavy atom.